The van der Waals surface area contributed by atoms with Gasteiger partial charge in [0.1, 0.15) is 6.54 Å². The van der Waals surface area contributed by atoms with Crippen LogP contribution in [-0.2, 0) is 40.7 Å². The molecule has 0 aliphatic carbocycles. The van der Waals surface area contributed by atoms with Gasteiger partial charge in [-0.15, -0.1) is 0 Å². The largest absolute Gasteiger partial charge is 0.481 e. The van der Waals surface area contributed by atoms with Gasteiger partial charge in [0, 0.05) is 65.3 Å². The molecule has 0 atom stereocenters. The molecule has 0 aromatic heterocycles. The Kier molecular flexibility index (Phi) is 12.6. The molecule has 0 radical (unpaired) electrons. The highest BCUT2D eigenvalue weighted by Crippen LogP contribution is 2.49. The number of aliphatic carboxylic acids is 2. The van der Waals surface area contributed by atoms with Crippen molar-refractivity contribution < 1.29 is 50.3 Å². The zero-order valence-electron chi connectivity index (χ0n) is 29.7. The van der Waals surface area contributed by atoms with Crippen LogP contribution in [0.2, 0.25) is 0 Å². The number of carboxylic acid groups (broad SMARTS) is 2. The molecule has 52 heavy (non-hydrogen) atoms. The molecule has 2 aliphatic heterocycles. The van der Waals surface area contributed by atoms with Gasteiger partial charge in [0.05, 0.1) is 15.2 Å². The number of nitrogens with zero attached hydrogens (tertiary/aromatic N) is 2. The summed E-state index contributed by atoms with van der Waals surface area (Å²) < 4.78 is 69.5. The summed E-state index contributed by atoms with van der Waals surface area (Å²) in [4.78, 5) is 23.6. The van der Waals surface area contributed by atoms with Crippen LogP contribution < -0.4 is 4.90 Å². The monoisotopic (exact) mass is 777 g/mol. The minimum absolute atomic E-state index is 0.0636. The highest BCUT2D eigenvalue weighted by Gasteiger charge is 2.45. The van der Waals surface area contributed by atoms with Crippen LogP contribution in [0.1, 0.15) is 90.2 Å². The van der Waals surface area contributed by atoms with Gasteiger partial charge in [-0.1, -0.05) is 37.9 Å². The normalized spacial score (nSPS) is 17.6. The number of halogens is 1. The first-order valence-electron chi connectivity index (χ1n) is 17.0. The molecule has 0 spiro atoms. The Balaban J connectivity index is 1.69. The van der Waals surface area contributed by atoms with E-state index in [4.69, 9.17) is 21.8 Å². The fourth-order valence-electron chi connectivity index (χ4n) is 6.93. The van der Waals surface area contributed by atoms with E-state index >= 15 is 0 Å². The number of rotatable bonds is 17. The fraction of sp³-hybridized carbons (Fsp3) is 0.432. The number of unbranched alkanes of at least 4 members (excludes halogenated alkanes) is 4. The van der Waals surface area contributed by atoms with Gasteiger partial charge in [0.15, 0.2) is 5.71 Å². The number of allylic oxidation sites excluding steroid dienone is 6. The van der Waals surface area contributed by atoms with E-state index in [9.17, 15) is 35.5 Å². The maximum absolute atomic E-state index is 12.0. The second-order valence-corrected chi connectivity index (χ2v) is 17.4. The minimum Gasteiger partial charge on any atom is -0.481 e. The first kappa shape index (κ1) is 40.9. The number of benzene rings is 2. The number of hydrogen-bond donors (Lipinski definition) is 4. The van der Waals surface area contributed by atoms with E-state index in [1.165, 1.54) is 24.3 Å². The highest BCUT2D eigenvalue weighted by molar-refractivity contribution is 7.86. The van der Waals surface area contributed by atoms with Gasteiger partial charge in [-0.3, -0.25) is 18.7 Å². The van der Waals surface area contributed by atoms with Crippen molar-refractivity contribution in [3.8, 4) is 0 Å². The number of fused-ring (bicyclic) bond motifs is 2. The topological polar surface area (TPSA) is 190 Å². The van der Waals surface area contributed by atoms with Crippen LogP contribution in [0.25, 0.3) is 0 Å². The summed E-state index contributed by atoms with van der Waals surface area (Å²) in [6.07, 6.45) is 11.1. The van der Waals surface area contributed by atoms with Crippen molar-refractivity contribution in [3.63, 3.8) is 0 Å². The Bertz CT molecular complexity index is 2080. The van der Waals surface area contributed by atoms with E-state index in [1.54, 1.807) is 30.4 Å². The second kappa shape index (κ2) is 16.0. The third-order valence-corrected chi connectivity index (χ3v) is 11.6. The average molecular weight is 778 g/mol. The SMILES string of the molecule is CC1(C)C(/C=C/C=C(Cl)/C=C2/N(CCCCCC(=O)O)c3ccc(S(=O)(=O)O)cc3C2(C)C)=[N+](CCCCCC(=O)O)c2ccc(S(=O)(=O)O)cc21. The lowest BCUT2D eigenvalue weighted by atomic mass is 9.81. The lowest BCUT2D eigenvalue weighted by molar-refractivity contribution is -0.438. The zero-order valence-corrected chi connectivity index (χ0v) is 32.1. The van der Waals surface area contributed by atoms with Gasteiger partial charge >= 0.3 is 11.9 Å². The standard InChI is InChI=1S/C37H45ClN2O10S2/c1-36(2)28-23-26(51(45,46)47)16-18-30(28)39(20-9-5-7-14-34(41)42)32(36)13-11-12-25(38)22-33-37(3,4)29-24-27(52(48,49)50)17-19-31(29)40(33)21-10-6-8-15-35(43)44/h11-13,16-19,22-24H,5-10,14-15,20-21H2,1-4H3,(H3-,41,42,43,44,45,46,47,48,49,50)/p+1. The molecule has 2 aromatic rings. The maximum atomic E-state index is 12.0. The molecule has 2 heterocycles. The van der Waals surface area contributed by atoms with Crippen LogP contribution >= 0.6 is 11.6 Å². The van der Waals surface area contributed by atoms with Gasteiger partial charge in [0.2, 0.25) is 5.69 Å². The van der Waals surface area contributed by atoms with Crippen LogP contribution in [0.5, 0.6) is 0 Å². The van der Waals surface area contributed by atoms with E-state index in [0.29, 0.717) is 67.8 Å². The summed E-state index contributed by atoms with van der Waals surface area (Å²) in [5.41, 5.74) is 3.15. The Morgan fingerprint density at radius 2 is 1.35 bits per heavy atom. The Morgan fingerprint density at radius 3 is 1.92 bits per heavy atom. The molecule has 4 N–H and O–H groups in total. The van der Waals surface area contributed by atoms with Crippen molar-refractivity contribution >= 4 is 60.9 Å². The molecule has 2 aliphatic rings. The summed E-state index contributed by atoms with van der Waals surface area (Å²) in [5.74, 6) is -1.72. The van der Waals surface area contributed by atoms with Gasteiger partial charge in [-0.25, -0.2) is 0 Å². The van der Waals surface area contributed by atoms with Crippen molar-refractivity contribution in [2.24, 2.45) is 0 Å². The van der Waals surface area contributed by atoms with Crippen molar-refractivity contribution in [1.29, 1.82) is 0 Å². The summed E-state index contributed by atoms with van der Waals surface area (Å²) in [6.45, 7) is 8.82. The van der Waals surface area contributed by atoms with E-state index in [-0.39, 0.29) is 22.6 Å². The van der Waals surface area contributed by atoms with E-state index in [1.807, 2.05) is 38.7 Å². The molecule has 15 heteroatoms. The number of hydrogen-bond acceptors (Lipinski definition) is 7. The predicted octanol–water partition coefficient (Wildman–Crippen LogP) is 7.21. The fourth-order valence-corrected chi connectivity index (χ4v) is 8.12. The molecule has 0 bridgehead atoms. The molecule has 2 aromatic carbocycles. The van der Waals surface area contributed by atoms with Crippen LogP contribution in [0.15, 0.2) is 81.2 Å². The van der Waals surface area contributed by atoms with Crippen molar-refractivity contribution in [2.45, 2.75) is 99.7 Å². The van der Waals surface area contributed by atoms with Gasteiger partial charge in [-0.05, 0) is 87.6 Å². The molecule has 0 fully saturated rings. The van der Waals surface area contributed by atoms with Gasteiger partial charge < -0.3 is 15.1 Å². The Morgan fingerprint density at radius 1 is 0.788 bits per heavy atom. The maximum Gasteiger partial charge on any atom is 0.303 e. The van der Waals surface area contributed by atoms with E-state index < -0.39 is 43.0 Å². The minimum atomic E-state index is -4.45. The Hall–Kier alpha value is -3.82. The average Bonchev–Trinajstić information content (AvgIpc) is 3.37. The summed E-state index contributed by atoms with van der Waals surface area (Å²) in [7, 11) is -8.90. The molecule has 12 nitrogen and oxygen atoms in total. The first-order valence-corrected chi connectivity index (χ1v) is 20.3. The molecule has 0 unspecified atom stereocenters. The Labute approximate surface area is 310 Å². The lowest BCUT2D eigenvalue weighted by Crippen LogP contribution is -2.28. The van der Waals surface area contributed by atoms with E-state index in [2.05, 4.69) is 4.58 Å². The number of carbonyl (C=O) groups is 2. The van der Waals surface area contributed by atoms with Crippen LogP contribution in [0.4, 0.5) is 11.4 Å². The summed E-state index contributed by atoms with van der Waals surface area (Å²) in [5, 5.41) is 18.4. The lowest BCUT2D eigenvalue weighted by Gasteiger charge is -2.27. The van der Waals surface area contributed by atoms with Crippen molar-refractivity contribution in [1.82, 2.24) is 0 Å². The molecule has 4 rings (SSSR count). The zero-order chi connectivity index (χ0) is 38.6. The van der Waals surface area contributed by atoms with Crippen LogP contribution in [-0.4, -0.2) is 71.5 Å². The molecular formula is C37H46ClN2O10S2+. The highest BCUT2D eigenvalue weighted by atomic mass is 35.5. The van der Waals surface area contributed by atoms with Gasteiger partial charge in [0.25, 0.3) is 20.2 Å². The van der Waals surface area contributed by atoms with Crippen LogP contribution in [0, 0.1) is 0 Å². The summed E-state index contributed by atoms with van der Waals surface area (Å²) in [6, 6.07) is 8.95. The van der Waals surface area contributed by atoms with Crippen molar-refractivity contribution in [2.75, 3.05) is 18.0 Å². The van der Waals surface area contributed by atoms with E-state index in [0.717, 1.165) is 22.8 Å². The van der Waals surface area contributed by atoms with Crippen molar-refractivity contribution in [3.05, 3.63) is 82.6 Å². The molecule has 0 saturated carbocycles. The molecule has 282 valence electrons. The molecule has 0 saturated heterocycles. The van der Waals surface area contributed by atoms with Gasteiger partial charge in [-0.2, -0.15) is 21.4 Å². The summed E-state index contributed by atoms with van der Waals surface area (Å²) >= 11 is 6.86. The molecular weight excluding hydrogens is 732 g/mol. The third kappa shape index (κ3) is 9.39. The number of carboxylic acids is 2. The quantitative estimate of drug-likeness (QED) is 0.0550. The number of anilines is 1. The van der Waals surface area contributed by atoms with Crippen LogP contribution in [0.3, 0.4) is 0 Å². The molecule has 0 amide bonds. The first-order chi connectivity index (χ1) is 24.2. The third-order valence-electron chi connectivity index (χ3n) is 9.65. The smallest absolute Gasteiger partial charge is 0.303 e. The predicted molar refractivity (Wildman–Crippen MR) is 199 cm³/mol. The second-order valence-electron chi connectivity index (χ2n) is 14.1.